The molecule has 2 fully saturated rings. The molecule has 0 saturated heterocycles. The maximum absolute atomic E-state index is 4.79. The van der Waals surface area contributed by atoms with Crippen LogP contribution in [0.25, 0.3) is 0 Å². The summed E-state index contributed by atoms with van der Waals surface area (Å²) in [4.78, 5) is 4.79. The number of rotatable bonds is 3. The Labute approximate surface area is 129 Å². The molecule has 0 amide bonds. The Balaban J connectivity index is 1.75. The Bertz CT molecular complexity index is 459. The Morgan fingerprint density at radius 3 is 2.57 bits per heavy atom. The maximum atomic E-state index is 4.79. The van der Waals surface area contributed by atoms with E-state index >= 15 is 0 Å². The summed E-state index contributed by atoms with van der Waals surface area (Å²) >= 11 is 0. The highest BCUT2D eigenvalue weighted by molar-refractivity contribution is 5.31. The molecule has 2 aliphatic rings. The summed E-state index contributed by atoms with van der Waals surface area (Å²) in [7, 11) is 0. The van der Waals surface area contributed by atoms with Crippen LogP contribution in [0.4, 0.5) is 5.95 Å². The second-order valence-corrected chi connectivity index (χ2v) is 7.42. The predicted molar refractivity (Wildman–Crippen MR) is 88.7 cm³/mol. The molecule has 3 heteroatoms. The van der Waals surface area contributed by atoms with E-state index in [9.17, 15) is 0 Å². The number of nitrogens with zero attached hydrogens (tertiary/aromatic N) is 2. The van der Waals surface area contributed by atoms with E-state index in [2.05, 4.69) is 36.9 Å². The molecular weight excluding hydrogens is 258 g/mol. The lowest BCUT2D eigenvalue weighted by atomic mass is 9.78. The van der Waals surface area contributed by atoms with Crippen LogP contribution in [0.5, 0.6) is 0 Å². The van der Waals surface area contributed by atoms with Crippen LogP contribution in [-0.2, 0) is 0 Å². The highest BCUT2D eigenvalue weighted by Crippen LogP contribution is 2.34. The zero-order chi connectivity index (χ0) is 14.8. The van der Waals surface area contributed by atoms with Gasteiger partial charge in [0.2, 0.25) is 5.95 Å². The Morgan fingerprint density at radius 2 is 1.81 bits per heavy atom. The van der Waals surface area contributed by atoms with Crippen molar-refractivity contribution in [1.29, 1.82) is 0 Å². The zero-order valence-electron chi connectivity index (χ0n) is 13.9. The summed E-state index contributed by atoms with van der Waals surface area (Å²) in [6.45, 7) is 6.93. The first-order valence-electron chi connectivity index (χ1n) is 8.97. The Kier molecular flexibility index (Phi) is 4.56. The number of hydrogen-bond donors (Lipinski definition) is 1. The van der Waals surface area contributed by atoms with Crippen molar-refractivity contribution >= 4 is 5.95 Å². The monoisotopic (exact) mass is 289 g/mol. The summed E-state index contributed by atoms with van der Waals surface area (Å²) < 4.78 is 2.44. The van der Waals surface area contributed by atoms with Crippen LogP contribution < -0.4 is 5.32 Å². The van der Waals surface area contributed by atoms with Crippen molar-refractivity contribution in [3.63, 3.8) is 0 Å². The topological polar surface area (TPSA) is 29.9 Å². The van der Waals surface area contributed by atoms with Gasteiger partial charge in [-0.15, -0.1) is 0 Å². The SMILES string of the molecule is Cc1cn(C2CCCCC2)c(NC2CCCC(C)C2C)n1. The van der Waals surface area contributed by atoms with Crippen molar-refractivity contribution in [1.82, 2.24) is 9.55 Å². The van der Waals surface area contributed by atoms with Gasteiger partial charge in [0.1, 0.15) is 0 Å². The third-order valence-electron chi connectivity index (χ3n) is 5.84. The van der Waals surface area contributed by atoms with Crippen LogP contribution in [0.1, 0.15) is 76.9 Å². The normalized spacial score (nSPS) is 31.3. The van der Waals surface area contributed by atoms with Gasteiger partial charge >= 0.3 is 0 Å². The third kappa shape index (κ3) is 3.27. The molecule has 2 saturated carbocycles. The molecule has 1 aromatic rings. The molecule has 3 atom stereocenters. The molecule has 3 nitrogen and oxygen atoms in total. The van der Waals surface area contributed by atoms with Crippen molar-refractivity contribution in [3.8, 4) is 0 Å². The number of aryl methyl sites for hydroxylation is 1. The fourth-order valence-electron chi connectivity index (χ4n) is 4.21. The fraction of sp³-hybridized carbons (Fsp3) is 0.833. The van der Waals surface area contributed by atoms with Crippen molar-refractivity contribution in [3.05, 3.63) is 11.9 Å². The lowest BCUT2D eigenvalue weighted by Gasteiger charge is -2.35. The molecule has 0 aromatic carbocycles. The van der Waals surface area contributed by atoms with E-state index in [-0.39, 0.29) is 0 Å². The summed E-state index contributed by atoms with van der Waals surface area (Å²) in [5, 5.41) is 3.80. The van der Waals surface area contributed by atoms with E-state index in [0.29, 0.717) is 12.1 Å². The van der Waals surface area contributed by atoms with Crippen LogP contribution in [0.3, 0.4) is 0 Å². The van der Waals surface area contributed by atoms with Gasteiger partial charge in [-0.3, -0.25) is 0 Å². The van der Waals surface area contributed by atoms with Gasteiger partial charge in [-0.2, -0.15) is 0 Å². The lowest BCUT2D eigenvalue weighted by Crippen LogP contribution is -2.36. The number of aromatic nitrogens is 2. The second kappa shape index (κ2) is 6.41. The molecule has 0 spiro atoms. The molecule has 3 rings (SSSR count). The minimum absolute atomic E-state index is 0.595. The first-order valence-corrected chi connectivity index (χ1v) is 8.97. The summed E-state index contributed by atoms with van der Waals surface area (Å²) in [6.07, 6.45) is 13.1. The molecule has 1 heterocycles. The molecule has 1 aromatic heterocycles. The average Bonchev–Trinajstić information content (AvgIpc) is 2.86. The van der Waals surface area contributed by atoms with Gasteiger partial charge in [-0.1, -0.05) is 46.0 Å². The van der Waals surface area contributed by atoms with Gasteiger partial charge in [-0.05, 0) is 38.0 Å². The smallest absolute Gasteiger partial charge is 0.203 e. The molecule has 1 N–H and O–H groups in total. The van der Waals surface area contributed by atoms with E-state index in [1.165, 1.54) is 51.4 Å². The Morgan fingerprint density at radius 1 is 1.05 bits per heavy atom. The molecule has 118 valence electrons. The van der Waals surface area contributed by atoms with E-state index in [4.69, 9.17) is 4.98 Å². The maximum Gasteiger partial charge on any atom is 0.203 e. The minimum atomic E-state index is 0.595. The minimum Gasteiger partial charge on any atom is -0.353 e. The van der Waals surface area contributed by atoms with E-state index in [1.54, 1.807) is 0 Å². The van der Waals surface area contributed by atoms with Gasteiger partial charge in [0.05, 0.1) is 5.69 Å². The van der Waals surface area contributed by atoms with Gasteiger partial charge in [0.15, 0.2) is 0 Å². The fourth-order valence-corrected chi connectivity index (χ4v) is 4.21. The molecule has 3 unspecified atom stereocenters. The largest absolute Gasteiger partial charge is 0.353 e. The van der Waals surface area contributed by atoms with Crippen LogP contribution in [0.15, 0.2) is 6.20 Å². The molecule has 0 radical (unpaired) electrons. The highest BCUT2D eigenvalue weighted by Gasteiger charge is 2.28. The van der Waals surface area contributed by atoms with Crippen LogP contribution in [0, 0.1) is 18.8 Å². The van der Waals surface area contributed by atoms with Gasteiger partial charge in [-0.25, -0.2) is 4.98 Å². The van der Waals surface area contributed by atoms with Crippen molar-refractivity contribution in [2.24, 2.45) is 11.8 Å². The molecule has 0 aliphatic heterocycles. The number of hydrogen-bond acceptors (Lipinski definition) is 2. The van der Waals surface area contributed by atoms with Crippen LogP contribution >= 0.6 is 0 Å². The first kappa shape index (κ1) is 14.9. The predicted octanol–water partition coefficient (Wildman–Crippen LogP) is 4.93. The second-order valence-electron chi connectivity index (χ2n) is 7.42. The lowest BCUT2D eigenvalue weighted by molar-refractivity contribution is 0.251. The van der Waals surface area contributed by atoms with Crippen LogP contribution in [-0.4, -0.2) is 15.6 Å². The Hall–Kier alpha value is -0.990. The van der Waals surface area contributed by atoms with Crippen molar-refractivity contribution in [2.75, 3.05) is 5.32 Å². The quantitative estimate of drug-likeness (QED) is 0.854. The van der Waals surface area contributed by atoms with E-state index < -0.39 is 0 Å². The molecule has 0 bridgehead atoms. The van der Waals surface area contributed by atoms with Gasteiger partial charge in [0, 0.05) is 18.3 Å². The van der Waals surface area contributed by atoms with Gasteiger partial charge < -0.3 is 9.88 Å². The van der Waals surface area contributed by atoms with E-state index in [0.717, 1.165) is 23.5 Å². The number of nitrogens with one attached hydrogen (secondary N) is 1. The van der Waals surface area contributed by atoms with Crippen molar-refractivity contribution in [2.45, 2.75) is 84.2 Å². The number of anilines is 1. The summed E-state index contributed by atoms with van der Waals surface area (Å²) in [5.41, 5.74) is 1.15. The van der Waals surface area contributed by atoms with Gasteiger partial charge in [0.25, 0.3) is 0 Å². The standard InChI is InChI=1S/C18H31N3/c1-13-8-7-11-17(15(13)3)20-18-19-14(2)12-21(18)16-9-5-4-6-10-16/h12-13,15-17H,4-11H2,1-3H3,(H,19,20). The van der Waals surface area contributed by atoms with Crippen molar-refractivity contribution < 1.29 is 0 Å². The average molecular weight is 289 g/mol. The third-order valence-corrected chi connectivity index (χ3v) is 5.84. The first-order chi connectivity index (χ1) is 10.1. The zero-order valence-corrected chi connectivity index (χ0v) is 13.9. The molecular formula is C18H31N3. The van der Waals surface area contributed by atoms with E-state index in [1.807, 2.05) is 0 Å². The van der Waals surface area contributed by atoms with Crippen LogP contribution in [0.2, 0.25) is 0 Å². The summed E-state index contributed by atoms with van der Waals surface area (Å²) in [6, 6.07) is 1.26. The molecule has 21 heavy (non-hydrogen) atoms. The molecule has 2 aliphatic carbocycles. The highest BCUT2D eigenvalue weighted by atomic mass is 15.2. The number of imidazole rings is 1. The summed E-state index contributed by atoms with van der Waals surface area (Å²) in [5.74, 6) is 2.70.